The quantitative estimate of drug-likeness (QED) is 0.0342. The molecule has 3 aliphatic heterocycles. The van der Waals surface area contributed by atoms with Crippen LogP contribution in [0.1, 0.15) is 140 Å². The number of halogens is 14. The molecule has 26 nitrogen and oxygen atoms in total. The van der Waals surface area contributed by atoms with Gasteiger partial charge < -0.3 is 68.2 Å². The summed E-state index contributed by atoms with van der Waals surface area (Å²) < 4.78 is 233. The number of pyridine rings is 1. The Kier molecular flexibility index (Phi) is 31.1. The number of methoxy groups -OCH3 is 3. The minimum absolute atomic E-state index is 0.0220. The highest BCUT2D eigenvalue weighted by Crippen LogP contribution is 2.42. The van der Waals surface area contributed by atoms with E-state index < -0.39 is 162 Å². The van der Waals surface area contributed by atoms with Crippen molar-refractivity contribution in [2.75, 3.05) is 95.3 Å². The molecule has 3 aromatic heterocycles. The number of fused-ring (bicyclic) bond motifs is 3. The highest BCUT2D eigenvalue weighted by molar-refractivity contribution is 6.00. The molecule has 3 fully saturated rings. The number of nitrogens with zero attached hydrogens (tertiary/aromatic N) is 8. The molecule has 6 aliphatic rings. The van der Waals surface area contributed by atoms with Crippen LogP contribution in [0.3, 0.4) is 0 Å². The molecule has 6 heterocycles. The molecular weight excluding hydrogens is 1840 g/mol. The number of amides is 3. The molecule has 0 bridgehead atoms. The van der Waals surface area contributed by atoms with Crippen LogP contribution in [0, 0.1) is 77.6 Å². The number of hydrogen-bond acceptors (Lipinski definition) is 20. The highest BCUT2D eigenvalue weighted by Gasteiger charge is 2.49. The van der Waals surface area contributed by atoms with Crippen LogP contribution >= 0.6 is 0 Å². The second kappa shape index (κ2) is 41.8. The second-order valence-electron chi connectivity index (χ2n) is 34.9. The fourth-order valence-electron chi connectivity index (χ4n) is 19.1. The van der Waals surface area contributed by atoms with Crippen LogP contribution in [0.25, 0.3) is 33.5 Å². The fraction of sp³-hybridized carbons (Fsp3) is 0.439. The zero-order valence-corrected chi connectivity index (χ0v) is 77.8. The largest absolute Gasteiger partial charge is 0.467 e. The molecule has 0 spiro atoms. The van der Waals surface area contributed by atoms with Gasteiger partial charge in [-0.3, -0.25) is 33.3 Å². The van der Waals surface area contributed by atoms with E-state index in [9.17, 15) is 82.7 Å². The predicted octanol–water partition coefficient (Wildman–Crippen LogP) is 13.1. The van der Waals surface area contributed by atoms with Crippen LogP contribution in [0.15, 0.2) is 93.2 Å². The van der Waals surface area contributed by atoms with Gasteiger partial charge in [0.15, 0.2) is 0 Å². The molecule has 0 saturated carbocycles. The Labute approximate surface area is 783 Å². The first-order valence-corrected chi connectivity index (χ1v) is 44.5. The monoisotopic (exact) mass is 1940 g/mol. The van der Waals surface area contributed by atoms with Crippen molar-refractivity contribution in [1.82, 2.24) is 39.6 Å². The minimum Gasteiger partial charge on any atom is -0.467 e. The van der Waals surface area contributed by atoms with Gasteiger partial charge >= 0.3 is 36.4 Å². The van der Waals surface area contributed by atoms with Crippen molar-refractivity contribution in [3.63, 3.8) is 0 Å². The molecule has 6 atom stereocenters. The van der Waals surface area contributed by atoms with Gasteiger partial charge in [0.2, 0.25) is 0 Å². The number of nitrogens with one attached hydrogen (secondary N) is 3. The normalized spacial score (nSPS) is 17.1. The summed E-state index contributed by atoms with van der Waals surface area (Å²) in [5.41, 5.74) is 11.5. The zero-order chi connectivity index (χ0) is 100. The lowest BCUT2D eigenvalue weighted by molar-refractivity contribution is -0.167. The Morgan fingerprint density at radius 3 is 1.11 bits per heavy atom. The molecule has 0 radical (unpaired) electrons. The minimum atomic E-state index is -4.72. The lowest BCUT2D eigenvalue weighted by Gasteiger charge is -2.38. The first kappa shape index (κ1) is 103. The molecule has 738 valence electrons. The van der Waals surface area contributed by atoms with Gasteiger partial charge in [0.1, 0.15) is 88.0 Å². The Morgan fingerprint density at radius 1 is 0.406 bits per heavy atom. The number of rotatable bonds is 21. The lowest BCUT2D eigenvalue weighted by Crippen LogP contribution is -2.53. The molecule has 9 aromatic rings. The van der Waals surface area contributed by atoms with Gasteiger partial charge in [-0.25, -0.2) is 46.3 Å². The van der Waals surface area contributed by atoms with Crippen molar-refractivity contribution in [3.05, 3.63) is 245 Å². The lowest BCUT2D eigenvalue weighted by atomic mass is 9.90. The van der Waals surface area contributed by atoms with Gasteiger partial charge in [-0.1, -0.05) is 36.4 Å². The van der Waals surface area contributed by atoms with Gasteiger partial charge in [-0.05, 0) is 221 Å². The molecule has 3 aliphatic carbocycles. The number of morpholine rings is 3. The first-order valence-electron chi connectivity index (χ1n) is 44.5. The third-order valence-electron chi connectivity index (χ3n) is 26.5. The van der Waals surface area contributed by atoms with Crippen molar-refractivity contribution in [3.8, 4) is 33.5 Å². The number of ether oxygens (including phenoxy) is 6. The summed E-state index contributed by atoms with van der Waals surface area (Å²) >= 11 is 0. The van der Waals surface area contributed by atoms with Crippen molar-refractivity contribution < 1.29 is 119 Å². The molecule has 3 N–H and O–H groups in total. The van der Waals surface area contributed by atoms with Gasteiger partial charge in [0.05, 0.1) is 89.0 Å². The van der Waals surface area contributed by atoms with E-state index in [1.165, 1.54) is 29.2 Å². The summed E-state index contributed by atoms with van der Waals surface area (Å²) in [6.07, 6.45) is -7.63. The number of carbonyl (C=O) groups excluding carboxylic acids is 6. The van der Waals surface area contributed by atoms with Gasteiger partial charge in [-0.2, -0.15) is 39.5 Å². The van der Waals surface area contributed by atoms with E-state index in [0.717, 1.165) is 128 Å². The molecular formula is C98H103F14N11O15. The van der Waals surface area contributed by atoms with Crippen LogP contribution in [0.2, 0.25) is 0 Å². The average Bonchev–Trinajstić information content (AvgIpc) is 1.44. The Hall–Kier alpha value is -12.9. The molecule has 15 rings (SSSR count). The Morgan fingerprint density at radius 2 is 0.739 bits per heavy atom. The number of alkyl halides is 9. The topological polar surface area (TPSA) is 295 Å². The van der Waals surface area contributed by atoms with E-state index in [4.69, 9.17) is 28.4 Å². The van der Waals surface area contributed by atoms with E-state index in [1.54, 1.807) is 57.8 Å². The highest BCUT2D eigenvalue weighted by atomic mass is 19.4. The van der Waals surface area contributed by atoms with Crippen LogP contribution in [0.5, 0.6) is 0 Å². The summed E-state index contributed by atoms with van der Waals surface area (Å²) in [5.74, 6) is -11.9. The standard InChI is InChI=1S/C33H34F5N3O5.C33H36F4N4O5.C32H33F5N4O5/c1-17-12-18(2)40(3)31(43)28(17)23-9-8-19(21-6-5-7-22(21)23)13-26(32(44)45-4)39-30(42)29-24(34)14-20(15-25(29)35)41-10-11-46-16-27(41)33(36,37)38;1-17-13-21(41-11-12-46-16-27(41)33(35,36)37)15-25(34)28(17)30(42)39-26(32(44)45-5)14-20-9-10-24(23-8-6-7-22(20)23)29-18(2)38-19(3)40(4)31(29)43;1-16-17(2)40(3)30(43)28(38-16)22-9-8-18(20-6-5-7-21(20)22)12-25(31(44)45-4)39-29(42)27-23(33)13-19(14-24(27)34)41-10-11-46-15-26(41)32(35,36)37/h8-9,12,14-15,26-27H,5-7,10-11,13,16H2,1-4H3,(H,39,42);9-10,13,15,26-27H,6-8,11-12,14,16H2,1-5H3,(H,39,42);8-9,13-14,25-26H,5-7,10-12,15H2,1-4H3,(H,39,42)/t2*26-,27+;25-,26+/m000/s1. The summed E-state index contributed by atoms with van der Waals surface area (Å²) in [4.78, 5) is 129. The van der Waals surface area contributed by atoms with E-state index in [-0.39, 0.29) is 92.2 Å². The Bertz CT molecular complexity index is 6150. The van der Waals surface area contributed by atoms with E-state index in [1.807, 2.05) is 52.0 Å². The SMILES string of the molecule is COC(=O)[C@H](Cc1ccc(-c2c(C)cc(C)n(C)c2=O)c2c1CCC2)NC(=O)c1c(F)cc(N2CCOC[C@@H]2C(F)(F)F)cc1F.COC(=O)[C@H](Cc1ccc(-c2c(C)nc(C)n(C)c2=O)c2c1CCC2)NC(=O)c1c(C)cc(N2CCOC[C@@H]2C(F)(F)F)cc1F.COC(=O)[C@H](Cc1ccc(-c2nc(C)c(C)n(C)c2=O)c2c1CCC2)NC(=O)c1c(F)cc(N2CCOC[C@@H]2C(F)(F)F)cc1F. The van der Waals surface area contributed by atoms with Crippen LogP contribution in [-0.4, -0.2) is 195 Å². The first-order chi connectivity index (χ1) is 65.2. The van der Waals surface area contributed by atoms with E-state index >= 15 is 22.0 Å². The summed E-state index contributed by atoms with van der Waals surface area (Å²) in [6, 6.07) is 7.46. The number of benzene rings is 6. The van der Waals surface area contributed by atoms with Gasteiger partial charge in [0, 0.05) is 94.1 Å². The maximum Gasteiger partial charge on any atom is 0.411 e. The smallest absolute Gasteiger partial charge is 0.411 e. The molecule has 3 amide bonds. The Balaban J connectivity index is 0.000000175. The van der Waals surface area contributed by atoms with Gasteiger partial charge in [0.25, 0.3) is 34.4 Å². The average molecular weight is 1940 g/mol. The number of aryl methyl sites for hydroxylation is 6. The van der Waals surface area contributed by atoms with Crippen molar-refractivity contribution >= 4 is 52.7 Å². The van der Waals surface area contributed by atoms with Crippen LogP contribution < -0.4 is 47.3 Å². The third kappa shape index (κ3) is 21.4. The predicted molar refractivity (Wildman–Crippen MR) is 480 cm³/mol. The molecule has 3 saturated heterocycles. The molecule has 0 unspecified atom stereocenters. The molecule has 40 heteroatoms. The van der Waals surface area contributed by atoms with Crippen molar-refractivity contribution in [2.45, 2.75) is 180 Å². The van der Waals surface area contributed by atoms with Crippen LogP contribution in [0.4, 0.5) is 78.5 Å². The van der Waals surface area contributed by atoms with E-state index in [0.29, 0.717) is 107 Å². The fourth-order valence-corrected chi connectivity index (χ4v) is 19.1. The number of carbonyl (C=O) groups is 6. The maximum absolute atomic E-state index is 15.5. The molecule has 138 heavy (non-hydrogen) atoms. The number of esters is 3. The van der Waals surface area contributed by atoms with Gasteiger partial charge in [-0.15, -0.1) is 0 Å². The number of aromatic nitrogens is 5. The molecule has 6 aromatic carbocycles. The second-order valence-corrected chi connectivity index (χ2v) is 34.9. The number of anilines is 3. The van der Waals surface area contributed by atoms with Crippen LogP contribution in [-0.2, 0) is 122 Å². The van der Waals surface area contributed by atoms with E-state index in [2.05, 4.69) is 25.9 Å². The van der Waals surface area contributed by atoms with Crippen molar-refractivity contribution in [1.29, 1.82) is 0 Å². The van der Waals surface area contributed by atoms with Crippen molar-refractivity contribution in [2.24, 2.45) is 21.1 Å². The number of hydrogen-bond donors (Lipinski definition) is 3. The summed E-state index contributed by atoms with van der Waals surface area (Å²) in [5, 5.41) is 7.28. The third-order valence-corrected chi connectivity index (χ3v) is 26.5. The zero-order valence-electron chi connectivity index (χ0n) is 77.8. The summed E-state index contributed by atoms with van der Waals surface area (Å²) in [6.45, 7) is 9.59. The maximum atomic E-state index is 15.5. The summed E-state index contributed by atoms with van der Waals surface area (Å²) in [7, 11) is 8.45.